The Morgan fingerprint density at radius 1 is 1.03 bits per heavy atom. The molecule has 0 radical (unpaired) electrons. The Kier molecular flexibility index (Phi) is 7.47. The second-order valence-electron chi connectivity index (χ2n) is 12.6. The number of aliphatic hydroxyl groups is 2. The second kappa shape index (κ2) is 9.64. The third-order valence-electron chi connectivity index (χ3n) is 10.9. The van der Waals surface area contributed by atoms with Crippen molar-refractivity contribution >= 4 is 16.0 Å². The van der Waals surface area contributed by atoms with Gasteiger partial charge in [0.1, 0.15) is 0 Å². The highest BCUT2D eigenvalue weighted by molar-refractivity contribution is 7.85. The first-order chi connectivity index (χ1) is 15.8. The molecular formula is C26H45NO6S. The van der Waals surface area contributed by atoms with Crippen LogP contribution in [0.3, 0.4) is 0 Å². The number of nitrogens with one attached hydrogen (secondary N) is 1. The smallest absolute Gasteiger partial charge is 0.266 e. The maximum Gasteiger partial charge on any atom is 0.266 e. The SMILES string of the molecule is C[C@H](CCC(=O)NCCS(=O)(=O)O)[C@H]1CC[C@H]2[C@@H]3[C@H](O)C[C@@H]4C[C@@H](O)CC[C@]4(C)[C@H]3CC[C@]12C. The molecule has 1 amide bonds. The van der Waals surface area contributed by atoms with Gasteiger partial charge < -0.3 is 15.5 Å². The Morgan fingerprint density at radius 2 is 1.71 bits per heavy atom. The Bertz CT molecular complexity index is 863. The van der Waals surface area contributed by atoms with Crippen molar-refractivity contribution in [1.82, 2.24) is 5.32 Å². The molecule has 0 aromatic heterocycles. The summed E-state index contributed by atoms with van der Waals surface area (Å²) < 4.78 is 30.5. The van der Waals surface area contributed by atoms with Gasteiger partial charge in [-0.2, -0.15) is 8.42 Å². The molecule has 0 spiro atoms. The van der Waals surface area contributed by atoms with Crippen molar-refractivity contribution in [2.24, 2.45) is 46.3 Å². The molecule has 4 N–H and O–H groups in total. The molecule has 0 saturated heterocycles. The van der Waals surface area contributed by atoms with Crippen LogP contribution in [0.4, 0.5) is 0 Å². The van der Waals surface area contributed by atoms with Crippen LogP contribution in [0.2, 0.25) is 0 Å². The van der Waals surface area contributed by atoms with Gasteiger partial charge in [0.15, 0.2) is 0 Å². The molecule has 0 aliphatic heterocycles. The highest BCUT2D eigenvalue weighted by Gasteiger charge is 2.62. The highest BCUT2D eigenvalue weighted by atomic mass is 32.2. The average molecular weight is 500 g/mol. The summed E-state index contributed by atoms with van der Waals surface area (Å²) in [7, 11) is -4.06. The third kappa shape index (κ3) is 4.94. The zero-order valence-corrected chi connectivity index (χ0v) is 21.9. The Labute approximate surface area is 205 Å². The first kappa shape index (κ1) is 26.4. The van der Waals surface area contributed by atoms with Crippen LogP contribution >= 0.6 is 0 Å². The Balaban J connectivity index is 1.39. The molecule has 0 aromatic rings. The number of amides is 1. The van der Waals surface area contributed by atoms with Crippen LogP contribution in [-0.2, 0) is 14.9 Å². The van der Waals surface area contributed by atoms with E-state index < -0.39 is 15.9 Å². The largest absolute Gasteiger partial charge is 0.393 e. The van der Waals surface area contributed by atoms with E-state index in [0.29, 0.717) is 41.9 Å². The van der Waals surface area contributed by atoms with E-state index in [1.54, 1.807) is 0 Å². The lowest BCUT2D eigenvalue weighted by molar-refractivity contribution is -0.174. The number of aliphatic hydroxyl groups excluding tert-OH is 2. The van der Waals surface area contributed by atoms with Crippen molar-refractivity contribution in [3.05, 3.63) is 0 Å². The van der Waals surface area contributed by atoms with E-state index in [-0.39, 0.29) is 35.5 Å². The van der Waals surface area contributed by atoms with Gasteiger partial charge in [0.25, 0.3) is 10.1 Å². The quantitative estimate of drug-likeness (QED) is 0.398. The van der Waals surface area contributed by atoms with E-state index in [0.717, 1.165) is 51.4 Å². The van der Waals surface area contributed by atoms with Crippen LogP contribution in [0.1, 0.15) is 85.0 Å². The number of hydrogen-bond donors (Lipinski definition) is 4. The summed E-state index contributed by atoms with van der Waals surface area (Å²) in [6.45, 7) is 7.05. The van der Waals surface area contributed by atoms with E-state index in [1.807, 2.05) is 0 Å². The molecule has 0 aromatic carbocycles. The molecule has 0 unspecified atom stereocenters. The highest BCUT2D eigenvalue weighted by Crippen LogP contribution is 2.68. The van der Waals surface area contributed by atoms with Crippen molar-refractivity contribution in [1.29, 1.82) is 0 Å². The first-order valence-electron chi connectivity index (χ1n) is 13.4. The van der Waals surface area contributed by atoms with Gasteiger partial charge in [0.05, 0.1) is 18.0 Å². The average Bonchev–Trinajstić information content (AvgIpc) is 3.09. The van der Waals surface area contributed by atoms with E-state index in [2.05, 4.69) is 26.1 Å². The van der Waals surface area contributed by atoms with Crippen molar-refractivity contribution in [2.75, 3.05) is 12.3 Å². The molecule has 4 saturated carbocycles. The predicted molar refractivity (Wildman–Crippen MR) is 130 cm³/mol. The predicted octanol–water partition coefficient (Wildman–Crippen LogP) is 3.40. The third-order valence-corrected chi connectivity index (χ3v) is 11.6. The molecule has 0 bridgehead atoms. The topological polar surface area (TPSA) is 124 Å². The summed E-state index contributed by atoms with van der Waals surface area (Å²) in [6.07, 6.45) is 8.87. The van der Waals surface area contributed by atoms with Crippen molar-refractivity contribution < 1.29 is 28.0 Å². The summed E-state index contributed by atoms with van der Waals surface area (Å²) >= 11 is 0. The number of hydrogen-bond acceptors (Lipinski definition) is 5. The standard InChI is InChI=1S/C26H45NO6S/c1-16(4-7-23(30)27-12-13-34(31,32)33)19-5-6-20-24-21(9-11-26(19,20)3)25(2)10-8-18(28)14-17(25)15-22(24)29/h16-22,24,28-29H,4-15H2,1-3H3,(H,27,30)(H,31,32,33)/t16-,17+,18+,19-,20+,21+,22-,24+,25+,26-/m1/s1. The van der Waals surface area contributed by atoms with E-state index in [1.165, 1.54) is 6.42 Å². The lowest BCUT2D eigenvalue weighted by Gasteiger charge is -2.62. The molecule has 7 nitrogen and oxygen atoms in total. The summed E-state index contributed by atoms with van der Waals surface area (Å²) in [5.41, 5.74) is 0.411. The van der Waals surface area contributed by atoms with Crippen LogP contribution in [0, 0.1) is 46.3 Å². The minimum atomic E-state index is -4.06. The van der Waals surface area contributed by atoms with E-state index >= 15 is 0 Å². The van der Waals surface area contributed by atoms with E-state index in [9.17, 15) is 23.4 Å². The first-order valence-corrected chi connectivity index (χ1v) is 15.0. The second-order valence-corrected chi connectivity index (χ2v) is 14.2. The van der Waals surface area contributed by atoms with Crippen LogP contribution in [0.25, 0.3) is 0 Å². The van der Waals surface area contributed by atoms with Crippen molar-refractivity contribution in [3.8, 4) is 0 Å². The minimum absolute atomic E-state index is 0.0625. The number of carbonyl (C=O) groups excluding carboxylic acids is 1. The summed E-state index contributed by atoms with van der Waals surface area (Å²) in [5.74, 6) is 2.10. The summed E-state index contributed by atoms with van der Waals surface area (Å²) in [4.78, 5) is 12.2. The summed E-state index contributed by atoms with van der Waals surface area (Å²) in [5, 5.41) is 24.2. The molecule has 196 valence electrons. The number of carbonyl (C=O) groups is 1. The molecule has 4 fully saturated rings. The maximum atomic E-state index is 12.2. The van der Waals surface area contributed by atoms with Crippen LogP contribution in [-0.4, -0.2) is 53.6 Å². The van der Waals surface area contributed by atoms with Crippen LogP contribution < -0.4 is 5.32 Å². The monoisotopic (exact) mass is 499 g/mol. The van der Waals surface area contributed by atoms with Crippen LogP contribution in [0.5, 0.6) is 0 Å². The molecule has 8 heteroatoms. The van der Waals surface area contributed by atoms with Gasteiger partial charge in [0, 0.05) is 13.0 Å². The van der Waals surface area contributed by atoms with Gasteiger partial charge in [-0.15, -0.1) is 0 Å². The fourth-order valence-corrected chi connectivity index (χ4v) is 9.50. The summed E-state index contributed by atoms with van der Waals surface area (Å²) in [6, 6.07) is 0. The van der Waals surface area contributed by atoms with Gasteiger partial charge in [-0.25, -0.2) is 0 Å². The Hall–Kier alpha value is -0.700. The van der Waals surface area contributed by atoms with Gasteiger partial charge in [0.2, 0.25) is 5.91 Å². The number of rotatable bonds is 7. The number of fused-ring (bicyclic) bond motifs is 5. The molecule has 10 atom stereocenters. The van der Waals surface area contributed by atoms with Gasteiger partial charge in [-0.1, -0.05) is 20.8 Å². The fourth-order valence-electron chi connectivity index (χ4n) is 9.14. The van der Waals surface area contributed by atoms with Crippen molar-refractivity contribution in [3.63, 3.8) is 0 Å². The lowest BCUT2D eigenvalue weighted by atomic mass is 9.43. The maximum absolute atomic E-state index is 12.2. The zero-order valence-electron chi connectivity index (χ0n) is 21.1. The molecule has 4 rings (SSSR count). The molecule has 4 aliphatic carbocycles. The van der Waals surface area contributed by atoms with Gasteiger partial charge in [-0.3, -0.25) is 9.35 Å². The molecule has 34 heavy (non-hydrogen) atoms. The fraction of sp³-hybridized carbons (Fsp3) is 0.962. The molecule has 4 aliphatic rings. The zero-order chi connectivity index (χ0) is 24.9. The van der Waals surface area contributed by atoms with Gasteiger partial charge >= 0.3 is 0 Å². The van der Waals surface area contributed by atoms with E-state index in [4.69, 9.17) is 4.55 Å². The van der Waals surface area contributed by atoms with Gasteiger partial charge in [-0.05, 0) is 104 Å². The minimum Gasteiger partial charge on any atom is -0.393 e. The molecule has 0 heterocycles. The molecular weight excluding hydrogens is 454 g/mol. The van der Waals surface area contributed by atoms with Crippen LogP contribution in [0.15, 0.2) is 0 Å². The normalized spacial score (nSPS) is 45.1. The Morgan fingerprint density at radius 3 is 2.41 bits per heavy atom. The van der Waals surface area contributed by atoms with Crippen molar-refractivity contribution in [2.45, 2.75) is 97.2 Å². The lowest BCUT2D eigenvalue weighted by Crippen LogP contribution is -2.58.